The summed E-state index contributed by atoms with van der Waals surface area (Å²) in [6, 6.07) is 14.0. The number of benzene rings is 2. The van der Waals surface area contributed by atoms with Crippen molar-refractivity contribution in [3.05, 3.63) is 82.6 Å². The third-order valence-electron chi connectivity index (χ3n) is 6.09. The predicted molar refractivity (Wildman–Crippen MR) is 125 cm³/mol. The van der Waals surface area contributed by atoms with Gasteiger partial charge in [0.2, 0.25) is 11.8 Å². The van der Waals surface area contributed by atoms with Crippen LogP contribution in [-0.2, 0) is 22.6 Å². The second-order valence-electron chi connectivity index (χ2n) is 8.02. The zero-order valence-electron chi connectivity index (χ0n) is 18.5. The average Bonchev–Trinajstić information content (AvgIpc) is 3.35. The van der Waals surface area contributed by atoms with Crippen LogP contribution in [0.2, 0.25) is 5.02 Å². The zero-order chi connectivity index (χ0) is 23.5. The van der Waals surface area contributed by atoms with Gasteiger partial charge in [0.1, 0.15) is 6.04 Å². The lowest BCUT2D eigenvalue weighted by molar-refractivity contribution is -0.141. The fourth-order valence-corrected chi connectivity index (χ4v) is 4.47. The van der Waals surface area contributed by atoms with Gasteiger partial charge >= 0.3 is 0 Å². The third kappa shape index (κ3) is 4.68. The van der Waals surface area contributed by atoms with Crippen LogP contribution in [0.4, 0.5) is 0 Å². The average molecular weight is 468 g/mol. The predicted octanol–water partition coefficient (Wildman–Crippen LogP) is 3.58. The highest BCUT2D eigenvalue weighted by atomic mass is 35.5. The molecule has 172 valence electrons. The topological polar surface area (TPSA) is 86.8 Å². The molecule has 0 bridgehead atoms. The molecule has 2 N–H and O–H groups in total. The standard InChI is InChI=1S/C25H26ClN3O4/c1-32-22-12-17-11-21(25(27)31)29(15-18(17)13-23(22)33-2)24(30)14-20(28-9-3-4-10-28)16-5-7-19(26)8-6-16/h3-10,12-13,20-21H,11,14-15H2,1-2H3,(H2,27,31)/t20-,21-/m0/s1. The number of nitrogens with zero attached hydrogens (tertiary/aromatic N) is 2. The van der Waals surface area contributed by atoms with Crippen LogP contribution < -0.4 is 15.2 Å². The van der Waals surface area contributed by atoms with Gasteiger partial charge in [-0.1, -0.05) is 23.7 Å². The second-order valence-corrected chi connectivity index (χ2v) is 8.46. The fourth-order valence-electron chi connectivity index (χ4n) is 4.35. The van der Waals surface area contributed by atoms with Crippen LogP contribution in [0.1, 0.15) is 29.2 Å². The molecule has 8 heteroatoms. The van der Waals surface area contributed by atoms with E-state index in [0.717, 1.165) is 16.7 Å². The summed E-state index contributed by atoms with van der Waals surface area (Å²) in [5.74, 6) is 0.461. The van der Waals surface area contributed by atoms with Crippen molar-refractivity contribution in [2.75, 3.05) is 14.2 Å². The van der Waals surface area contributed by atoms with E-state index < -0.39 is 11.9 Å². The van der Waals surface area contributed by atoms with Gasteiger partial charge in [-0.2, -0.15) is 0 Å². The van der Waals surface area contributed by atoms with Crippen LogP contribution in [0.25, 0.3) is 0 Å². The van der Waals surface area contributed by atoms with Gasteiger partial charge in [0.15, 0.2) is 11.5 Å². The van der Waals surface area contributed by atoms with Gasteiger partial charge in [0.05, 0.1) is 26.7 Å². The number of carbonyl (C=O) groups excluding carboxylic acids is 2. The van der Waals surface area contributed by atoms with E-state index in [1.54, 1.807) is 31.3 Å². The summed E-state index contributed by atoms with van der Waals surface area (Å²) in [4.78, 5) is 27.5. The van der Waals surface area contributed by atoms with Crippen molar-refractivity contribution in [3.63, 3.8) is 0 Å². The van der Waals surface area contributed by atoms with Gasteiger partial charge in [-0.05, 0) is 53.1 Å². The van der Waals surface area contributed by atoms with Crippen LogP contribution in [0.3, 0.4) is 0 Å². The molecule has 2 atom stereocenters. The first kappa shape index (κ1) is 22.7. The van der Waals surface area contributed by atoms with E-state index in [4.69, 9.17) is 26.8 Å². The van der Waals surface area contributed by atoms with Crippen molar-refractivity contribution in [3.8, 4) is 11.5 Å². The lowest BCUT2D eigenvalue weighted by Gasteiger charge is -2.36. The highest BCUT2D eigenvalue weighted by Gasteiger charge is 2.35. The molecule has 0 spiro atoms. The molecular formula is C25H26ClN3O4. The number of rotatable bonds is 7. The van der Waals surface area contributed by atoms with E-state index in [-0.39, 0.29) is 24.9 Å². The van der Waals surface area contributed by atoms with Gasteiger partial charge in [-0.3, -0.25) is 9.59 Å². The molecule has 1 aliphatic rings. The number of carbonyl (C=O) groups is 2. The monoisotopic (exact) mass is 467 g/mol. The number of aromatic nitrogens is 1. The maximum atomic E-state index is 13.6. The Morgan fingerprint density at radius 2 is 1.67 bits per heavy atom. The first-order valence-corrected chi connectivity index (χ1v) is 11.0. The van der Waals surface area contributed by atoms with Crippen molar-refractivity contribution in [2.24, 2.45) is 5.73 Å². The van der Waals surface area contributed by atoms with E-state index in [1.807, 2.05) is 53.4 Å². The minimum Gasteiger partial charge on any atom is -0.493 e. The molecule has 2 aromatic carbocycles. The molecule has 0 unspecified atom stereocenters. The van der Waals surface area contributed by atoms with Gasteiger partial charge in [0, 0.05) is 30.4 Å². The minimum absolute atomic E-state index is 0.159. The normalized spacial score (nSPS) is 16.1. The number of halogens is 1. The van der Waals surface area contributed by atoms with Crippen LogP contribution in [0, 0.1) is 0 Å². The second kappa shape index (κ2) is 9.58. The molecule has 2 amide bonds. The maximum absolute atomic E-state index is 13.6. The maximum Gasteiger partial charge on any atom is 0.240 e. The fraction of sp³-hybridized carbons (Fsp3) is 0.280. The van der Waals surface area contributed by atoms with Gasteiger partial charge < -0.3 is 24.7 Å². The van der Waals surface area contributed by atoms with E-state index in [0.29, 0.717) is 22.9 Å². The molecule has 2 heterocycles. The number of fused-ring (bicyclic) bond motifs is 1. The van der Waals surface area contributed by atoms with Crippen LogP contribution in [-0.4, -0.2) is 41.5 Å². The SMILES string of the molecule is COc1cc2c(cc1OC)CN(C(=O)C[C@@H](c1ccc(Cl)cc1)n1cccc1)[C@H](C(N)=O)C2. The number of methoxy groups -OCH3 is 2. The quantitative estimate of drug-likeness (QED) is 0.575. The lowest BCUT2D eigenvalue weighted by Crippen LogP contribution is -2.51. The molecule has 1 aromatic heterocycles. The Morgan fingerprint density at radius 1 is 1.06 bits per heavy atom. The Morgan fingerprint density at radius 3 is 2.24 bits per heavy atom. The Bertz CT molecular complexity index is 1150. The van der Waals surface area contributed by atoms with E-state index in [1.165, 1.54) is 0 Å². The summed E-state index contributed by atoms with van der Waals surface area (Å²) < 4.78 is 12.8. The molecule has 0 radical (unpaired) electrons. The van der Waals surface area contributed by atoms with E-state index >= 15 is 0 Å². The molecule has 0 saturated carbocycles. The molecule has 4 rings (SSSR count). The Kier molecular flexibility index (Phi) is 6.60. The molecule has 3 aromatic rings. The number of hydrogen-bond donors (Lipinski definition) is 1. The van der Waals surface area contributed by atoms with Crippen LogP contribution >= 0.6 is 11.6 Å². The largest absolute Gasteiger partial charge is 0.493 e. The van der Waals surface area contributed by atoms with Crippen molar-refractivity contribution < 1.29 is 19.1 Å². The van der Waals surface area contributed by atoms with Crippen molar-refractivity contribution >= 4 is 23.4 Å². The molecule has 0 saturated heterocycles. The van der Waals surface area contributed by atoms with E-state index in [2.05, 4.69) is 0 Å². The molecule has 7 nitrogen and oxygen atoms in total. The number of primary amides is 1. The van der Waals surface area contributed by atoms with Crippen LogP contribution in [0.15, 0.2) is 60.9 Å². The lowest BCUT2D eigenvalue weighted by atomic mass is 9.92. The van der Waals surface area contributed by atoms with Gasteiger partial charge in [0.25, 0.3) is 0 Å². The van der Waals surface area contributed by atoms with Crippen LogP contribution in [0.5, 0.6) is 11.5 Å². The van der Waals surface area contributed by atoms with Crippen molar-refractivity contribution in [1.82, 2.24) is 9.47 Å². The van der Waals surface area contributed by atoms with Gasteiger partial charge in [-0.15, -0.1) is 0 Å². The van der Waals surface area contributed by atoms with E-state index in [9.17, 15) is 9.59 Å². The Balaban J connectivity index is 1.65. The molecular weight excluding hydrogens is 442 g/mol. The first-order valence-electron chi connectivity index (χ1n) is 10.6. The summed E-state index contributed by atoms with van der Waals surface area (Å²) in [5.41, 5.74) is 8.49. The van der Waals surface area contributed by atoms with Crippen molar-refractivity contribution in [1.29, 1.82) is 0 Å². The summed E-state index contributed by atoms with van der Waals surface area (Å²) in [6.45, 7) is 0.265. The highest BCUT2D eigenvalue weighted by molar-refractivity contribution is 6.30. The molecule has 33 heavy (non-hydrogen) atoms. The number of amides is 2. The summed E-state index contributed by atoms with van der Waals surface area (Å²) >= 11 is 6.06. The molecule has 1 aliphatic heterocycles. The number of ether oxygens (including phenoxy) is 2. The summed E-state index contributed by atoms with van der Waals surface area (Å²) in [6.07, 6.45) is 4.33. The zero-order valence-corrected chi connectivity index (χ0v) is 19.3. The minimum atomic E-state index is -0.737. The Labute approximate surface area is 197 Å². The molecule has 0 aliphatic carbocycles. The smallest absolute Gasteiger partial charge is 0.240 e. The molecule has 0 fully saturated rings. The number of hydrogen-bond acceptors (Lipinski definition) is 4. The highest BCUT2D eigenvalue weighted by Crippen LogP contribution is 2.35. The van der Waals surface area contributed by atoms with Crippen molar-refractivity contribution in [2.45, 2.75) is 31.5 Å². The van der Waals surface area contributed by atoms with Gasteiger partial charge in [-0.25, -0.2) is 0 Å². The summed E-state index contributed by atoms with van der Waals surface area (Å²) in [5, 5.41) is 0.627. The Hall–Kier alpha value is -3.45. The first-order chi connectivity index (χ1) is 15.9. The third-order valence-corrected chi connectivity index (χ3v) is 6.35. The number of nitrogens with two attached hydrogens (primary N) is 1. The summed E-state index contributed by atoms with van der Waals surface area (Å²) in [7, 11) is 3.13.